The lowest BCUT2D eigenvalue weighted by Gasteiger charge is -2.23. The van der Waals surface area contributed by atoms with Gasteiger partial charge in [0.25, 0.3) is 0 Å². The van der Waals surface area contributed by atoms with E-state index in [1.165, 1.54) is 0 Å². The number of aliphatic hydroxyl groups is 1. The van der Waals surface area contributed by atoms with Gasteiger partial charge in [-0.05, 0) is 30.4 Å². The summed E-state index contributed by atoms with van der Waals surface area (Å²) in [7, 11) is 0. The highest BCUT2D eigenvalue weighted by molar-refractivity contribution is 5.97. The Morgan fingerprint density at radius 3 is 2.48 bits per heavy atom. The lowest BCUT2D eigenvalue weighted by molar-refractivity contribution is -0.135. The van der Waals surface area contributed by atoms with Gasteiger partial charge in [-0.2, -0.15) is 0 Å². The molecule has 0 aromatic heterocycles. The maximum absolute atomic E-state index is 12.4. The Bertz CT molecular complexity index is 595. The number of benzene rings is 1. The van der Waals surface area contributed by atoms with E-state index in [1.807, 2.05) is 38.1 Å². The number of hydrogen-bond donors (Lipinski definition) is 2. The predicted octanol–water partition coefficient (Wildman–Crippen LogP) is 1.86. The highest BCUT2D eigenvalue weighted by atomic mass is 16.3. The summed E-state index contributed by atoms with van der Waals surface area (Å²) >= 11 is 0. The number of carbonyl (C=O) groups is 3. The number of nitrogens with one attached hydrogen (secondary N) is 1. The smallest absolute Gasteiger partial charge is 0.226 e. The Kier molecular flexibility index (Phi) is 5.66. The van der Waals surface area contributed by atoms with E-state index in [0.717, 1.165) is 11.1 Å². The molecule has 5 nitrogen and oxygen atoms in total. The molecule has 2 amide bonds. The molecule has 0 bridgehead atoms. The standard InChI is InChI=1S/C18H23NO4/c1-11-5-3-4-6-15(11)12(2)16(21)10-14(20)7-13-8-17(22)19-18(23)9-13/h3-6,12-14,20H,7-10H2,1-2H3,(H,19,22,23). The molecule has 2 atom stereocenters. The van der Waals surface area contributed by atoms with E-state index >= 15 is 0 Å². The van der Waals surface area contributed by atoms with E-state index < -0.39 is 6.10 Å². The van der Waals surface area contributed by atoms with Crippen molar-refractivity contribution in [3.8, 4) is 0 Å². The van der Waals surface area contributed by atoms with Crippen molar-refractivity contribution in [2.75, 3.05) is 0 Å². The highest BCUT2D eigenvalue weighted by Crippen LogP contribution is 2.25. The van der Waals surface area contributed by atoms with Gasteiger partial charge in [-0.3, -0.25) is 19.7 Å². The van der Waals surface area contributed by atoms with Crippen molar-refractivity contribution in [1.82, 2.24) is 5.32 Å². The van der Waals surface area contributed by atoms with Gasteiger partial charge in [-0.1, -0.05) is 31.2 Å². The van der Waals surface area contributed by atoms with Crippen molar-refractivity contribution >= 4 is 17.6 Å². The molecule has 2 rings (SSSR count). The summed E-state index contributed by atoms with van der Waals surface area (Å²) in [5.41, 5.74) is 2.02. The molecule has 5 heteroatoms. The number of rotatable bonds is 6. The topological polar surface area (TPSA) is 83.5 Å². The Morgan fingerprint density at radius 2 is 1.87 bits per heavy atom. The van der Waals surface area contributed by atoms with Gasteiger partial charge in [0, 0.05) is 25.2 Å². The highest BCUT2D eigenvalue weighted by Gasteiger charge is 2.28. The van der Waals surface area contributed by atoms with Crippen LogP contribution < -0.4 is 5.32 Å². The molecule has 1 aliphatic rings. The number of hydrogen-bond acceptors (Lipinski definition) is 4. The molecule has 1 saturated heterocycles. The van der Waals surface area contributed by atoms with E-state index in [2.05, 4.69) is 5.32 Å². The molecule has 2 N–H and O–H groups in total. The maximum Gasteiger partial charge on any atom is 0.226 e. The summed E-state index contributed by atoms with van der Waals surface area (Å²) in [4.78, 5) is 35.0. The zero-order chi connectivity index (χ0) is 17.0. The molecule has 124 valence electrons. The van der Waals surface area contributed by atoms with Crippen molar-refractivity contribution < 1.29 is 19.5 Å². The van der Waals surface area contributed by atoms with Gasteiger partial charge >= 0.3 is 0 Å². The SMILES string of the molecule is Cc1ccccc1C(C)C(=O)CC(O)CC1CC(=O)NC(=O)C1. The van der Waals surface area contributed by atoms with E-state index in [4.69, 9.17) is 0 Å². The third kappa shape index (κ3) is 4.73. The third-order valence-corrected chi connectivity index (χ3v) is 4.41. The van der Waals surface area contributed by atoms with Crippen LogP contribution in [0.25, 0.3) is 0 Å². The van der Waals surface area contributed by atoms with Gasteiger partial charge in [0.05, 0.1) is 6.10 Å². The number of ketones is 1. The summed E-state index contributed by atoms with van der Waals surface area (Å²) < 4.78 is 0. The zero-order valence-electron chi connectivity index (χ0n) is 13.5. The Hall–Kier alpha value is -2.01. The van der Waals surface area contributed by atoms with E-state index in [0.29, 0.717) is 6.42 Å². The van der Waals surface area contributed by atoms with Crippen molar-refractivity contribution in [2.45, 2.75) is 51.6 Å². The third-order valence-electron chi connectivity index (χ3n) is 4.41. The maximum atomic E-state index is 12.4. The van der Waals surface area contributed by atoms with Crippen molar-refractivity contribution in [3.05, 3.63) is 35.4 Å². The number of carbonyl (C=O) groups excluding carboxylic acids is 3. The van der Waals surface area contributed by atoms with Gasteiger partial charge in [-0.25, -0.2) is 0 Å². The first-order valence-electron chi connectivity index (χ1n) is 7.95. The summed E-state index contributed by atoms with van der Waals surface area (Å²) in [5, 5.41) is 12.4. The molecular weight excluding hydrogens is 294 g/mol. The number of amides is 2. The van der Waals surface area contributed by atoms with E-state index in [9.17, 15) is 19.5 Å². The van der Waals surface area contributed by atoms with Crippen LogP contribution in [0.2, 0.25) is 0 Å². The quantitative estimate of drug-likeness (QED) is 0.785. The first-order valence-corrected chi connectivity index (χ1v) is 7.95. The Labute approximate surface area is 136 Å². The molecule has 1 aromatic carbocycles. The Balaban J connectivity index is 1.90. The van der Waals surface area contributed by atoms with Gasteiger partial charge in [-0.15, -0.1) is 0 Å². The van der Waals surface area contributed by atoms with Crippen LogP contribution in [-0.4, -0.2) is 28.8 Å². The monoisotopic (exact) mass is 317 g/mol. The Morgan fingerprint density at radius 1 is 1.26 bits per heavy atom. The number of piperidine rings is 1. The first-order chi connectivity index (χ1) is 10.9. The van der Waals surface area contributed by atoms with Crippen LogP contribution >= 0.6 is 0 Å². The van der Waals surface area contributed by atoms with Gasteiger partial charge in [0.2, 0.25) is 11.8 Å². The van der Waals surface area contributed by atoms with Gasteiger partial charge in [0.1, 0.15) is 5.78 Å². The molecule has 2 unspecified atom stereocenters. The van der Waals surface area contributed by atoms with Crippen molar-refractivity contribution in [2.24, 2.45) is 5.92 Å². The van der Waals surface area contributed by atoms with Gasteiger partial charge in [0.15, 0.2) is 0 Å². The molecular formula is C18H23NO4. The number of Topliss-reactive ketones (excluding diaryl/α,β-unsaturated/α-hetero) is 1. The second kappa shape index (κ2) is 7.51. The molecule has 1 aromatic rings. The molecule has 1 aliphatic heterocycles. The zero-order valence-corrected chi connectivity index (χ0v) is 13.5. The molecule has 0 saturated carbocycles. The van der Waals surface area contributed by atoms with E-state index in [-0.39, 0.29) is 48.7 Å². The largest absolute Gasteiger partial charge is 0.393 e. The van der Waals surface area contributed by atoms with E-state index in [1.54, 1.807) is 0 Å². The lowest BCUT2D eigenvalue weighted by Crippen LogP contribution is -2.39. The van der Waals surface area contributed by atoms with Crippen LogP contribution in [0.3, 0.4) is 0 Å². The van der Waals surface area contributed by atoms with Crippen LogP contribution in [0.4, 0.5) is 0 Å². The van der Waals surface area contributed by atoms with Crippen LogP contribution in [0.5, 0.6) is 0 Å². The summed E-state index contributed by atoms with van der Waals surface area (Å²) in [5.74, 6) is -1.11. The summed E-state index contributed by atoms with van der Waals surface area (Å²) in [6.45, 7) is 3.80. The normalized spacial score (nSPS) is 18.4. The van der Waals surface area contributed by atoms with Crippen LogP contribution in [0.1, 0.15) is 49.7 Å². The molecule has 1 heterocycles. The van der Waals surface area contributed by atoms with Crippen molar-refractivity contribution in [3.63, 3.8) is 0 Å². The summed E-state index contributed by atoms with van der Waals surface area (Å²) in [6.07, 6.45) is -0.0281. The van der Waals surface area contributed by atoms with Gasteiger partial charge < -0.3 is 5.11 Å². The number of aliphatic hydroxyl groups excluding tert-OH is 1. The molecule has 0 aliphatic carbocycles. The first kappa shape index (κ1) is 17.3. The summed E-state index contributed by atoms with van der Waals surface area (Å²) in [6, 6.07) is 7.71. The fourth-order valence-corrected chi connectivity index (χ4v) is 3.14. The fraction of sp³-hybridized carbons (Fsp3) is 0.500. The molecule has 23 heavy (non-hydrogen) atoms. The minimum Gasteiger partial charge on any atom is -0.393 e. The lowest BCUT2D eigenvalue weighted by atomic mass is 9.86. The average Bonchev–Trinajstić information content (AvgIpc) is 2.45. The molecule has 0 spiro atoms. The number of imide groups is 1. The minimum atomic E-state index is -0.822. The molecule has 1 fully saturated rings. The fourth-order valence-electron chi connectivity index (χ4n) is 3.14. The average molecular weight is 317 g/mol. The second-order valence-electron chi connectivity index (χ2n) is 6.38. The van der Waals surface area contributed by atoms with Crippen LogP contribution in [0.15, 0.2) is 24.3 Å². The predicted molar refractivity (Wildman–Crippen MR) is 85.7 cm³/mol. The molecule has 0 radical (unpaired) electrons. The van der Waals surface area contributed by atoms with Crippen LogP contribution in [0, 0.1) is 12.8 Å². The second-order valence-corrected chi connectivity index (χ2v) is 6.38. The van der Waals surface area contributed by atoms with Crippen molar-refractivity contribution in [1.29, 1.82) is 0 Å². The minimum absolute atomic E-state index is 0.0293. The number of aryl methyl sites for hydroxylation is 1. The van der Waals surface area contributed by atoms with Crippen LogP contribution in [-0.2, 0) is 14.4 Å².